The molecule has 2 amide bonds. The van der Waals surface area contributed by atoms with Crippen LogP contribution in [0.15, 0.2) is 83.8 Å². The Morgan fingerprint density at radius 2 is 1.57 bits per heavy atom. The molecule has 9 nitrogen and oxygen atoms in total. The first-order valence-electron chi connectivity index (χ1n) is 12.9. The number of nitrogens with zero attached hydrogens (tertiary/aromatic N) is 1. The van der Waals surface area contributed by atoms with Crippen LogP contribution in [0.3, 0.4) is 0 Å². The second-order valence-electron chi connectivity index (χ2n) is 9.97. The molecule has 4 rings (SSSR count). The minimum atomic E-state index is -4.48. The van der Waals surface area contributed by atoms with Gasteiger partial charge < -0.3 is 14.8 Å². The van der Waals surface area contributed by atoms with Crippen LogP contribution < -0.4 is 5.32 Å². The van der Waals surface area contributed by atoms with Crippen LogP contribution in [0.4, 0.5) is 4.79 Å². The number of benzene rings is 3. The highest BCUT2D eigenvalue weighted by molar-refractivity contribution is 7.89. The molecule has 210 valence electrons. The van der Waals surface area contributed by atoms with E-state index in [4.69, 9.17) is 9.47 Å². The SMILES string of the molecule is COC(=O)[C@H]1c2ccccc2C(=O)N(S(=O)(=O)c2ccc(C)cc2)[C@@H]1[C@@H](NC(=O)OCc1ccccc1)C(C)C. The van der Waals surface area contributed by atoms with Crippen LogP contribution in [0.1, 0.15) is 46.8 Å². The van der Waals surface area contributed by atoms with Gasteiger partial charge in [0.05, 0.1) is 24.1 Å². The summed E-state index contributed by atoms with van der Waals surface area (Å²) in [5, 5.41) is 2.75. The van der Waals surface area contributed by atoms with E-state index >= 15 is 0 Å². The summed E-state index contributed by atoms with van der Waals surface area (Å²) in [5.74, 6) is -3.17. The van der Waals surface area contributed by atoms with E-state index in [2.05, 4.69) is 5.32 Å². The third-order valence-corrected chi connectivity index (χ3v) is 8.75. The van der Waals surface area contributed by atoms with Crippen LogP contribution >= 0.6 is 0 Å². The van der Waals surface area contributed by atoms with Crippen LogP contribution in [-0.2, 0) is 30.9 Å². The van der Waals surface area contributed by atoms with E-state index in [0.717, 1.165) is 15.4 Å². The summed E-state index contributed by atoms with van der Waals surface area (Å²) in [4.78, 5) is 40.2. The lowest BCUT2D eigenvalue weighted by molar-refractivity contribution is -0.144. The normalized spacial score (nSPS) is 17.6. The van der Waals surface area contributed by atoms with Gasteiger partial charge in [-0.1, -0.05) is 80.1 Å². The van der Waals surface area contributed by atoms with Crippen molar-refractivity contribution in [1.29, 1.82) is 0 Å². The van der Waals surface area contributed by atoms with Gasteiger partial charge >= 0.3 is 12.1 Å². The molecule has 0 unspecified atom stereocenters. The van der Waals surface area contributed by atoms with E-state index in [0.29, 0.717) is 5.56 Å². The largest absolute Gasteiger partial charge is 0.468 e. The van der Waals surface area contributed by atoms with E-state index in [1.165, 1.54) is 25.3 Å². The minimum absolute atomic E-state index is 0.0181. The molecule has 0 aromatic heterocycles. The third-order valence-electron chi connectivity index (χ3n) is 6.96. The summed E-state index contributed by atoms with van der Waals surface area (Å²) in [7, 11) is -3.28. The van der Waals surface area contributed by atoms with E-state index in [1.807, 2.05) is 25.1 Å². The Bertz CT molecular complexity index is 1490. The molecule has 0 aliphatic carbocycles. The number of esters is 1. The van der Waals surface area contributed by atoms with Crippen LogP contribution in [0.25, 0.3) is 0 Å². The molecule has 1 heterocycles. The van der Waals surface area contributed by atoms with E-state index in [1.54, 1.807) is 56.3 Å². The zero-order valence-electron chi connectivity index (χ0n) is 22.7. The fourth-order valence-electron chi connectivity index (χ4n) is 4.92. The standard InChI is InChI=1S/C30H32N2O7S/c1-19(2)26(31-30(35)39-18-21-10-6-5-7-11-21)27-25(29(34)38-4)23-12-8-9-13-24(23)28(33)32(27)40(36,37)22-16-14-20(3)15-17-22/h5-17,19,25-27H,18H2,1-4H3,(H,31,35)/t25-,26-,27-/m0/s1. The number of hydrogen-bond donors (Lipinski definition) is 1. The van der Waals surface area contributed by atoms with Crippen molar-refractivity contribution in [3.63, 3.8) is 0 Å². The first-order valence-corrected chi connectivity index (χ1v) is 14.3. The molecule has 40 heavy (non-hydrogen) atoms. The number of carbonyl (C=O) groups is 3. The van der Waals surface area contributed by atoms with Gasteiger partial charge in [-0.3, -0.25) is 9.59 Å². The Kier molecular flexibility index (Phi) is 8.58. The molecule has 1 aliphatic heterocycles. The predicted octanol–water partition coefficient (Wildman–Crippen LogP) is 4.42. The topological polar surface area (TPSA) is 119 Å². The number of rotatable bonds is 8. The minimum Gasteiger partial charge on any atom is -0.468 e. The van der Waals surface area contributed by atoms with Gasteiger partial charge in [0.2, 0.25) is 0 Å². The second-order valence-corrected chi connectivity index (χ2v) is 11.8. The number of ether oxygens (including phenoxy) is 2. The van der Waals surface area contributed by atoms with Gasteiger partial charge in [0.1, 0.15) is 12.5 Å². The highest BCUT2D eigenvalue weighted by Gasteiger charge is 2.53. The van der Waals surface area contributed by atoms with Gasteiger partial charge in [-0.25, -0.2) is 17.5 Å². The number of carbonyl (C=O) groups excluding carboxylic acids is 3. The molecule has 1 N–H and O–H groups in total. The number of methoxy groups -OCH3 is 1. The maximum absolute atomic E-state index is 14.1. The maximum atomic E-state index is 14.1. The lowest BCUT2D eigenvalue weighted by atomic mass is 9.78. The van der Waals surface area contributed by atoms with Crippen molar-refractivity contribution in [2.24, 2.45) is 5.92 Å². The average Bonchev–Trinajstić information content (AvgIpc) is 2.95. The van der Waals surface area contributed by atoms with Crippen LogP contribution in [0.5, 0.6) is 0 Å². The van der Waals surface area contributed by atoms with Crippen LogP contribution in [0.2, 0.25) is 0 Å². The summed E-state index contributed by atoms with van der Waals surface area (Å²) in [6, 6.07) is 19.1. The molecule has 0 spiro atoms. The summed E-state index contributed by atoms with van der Waals surface area (Å²) < 4.78 is 39.5. The lowest BCUT2D eigenvalue weighted by Gasteiger charge is -2.44. The summed E-state index contributed by atoms with van der Waals surface area (Å²) in [6.45, 7) is 5.32. The fraction of sp³-hybridized carbons (Fsp3) is 0.300. The first kappa shape index (κ1) is 28.8. The van der Waals surface area contributed by atoms with E-state index in [9.17, 15) is 22.8 Å². The third kappa shape index (κ3) is 5.72. The van der Waals surface area contributed by atoms with Crippen molar-refractivity contribution in [3.8, 4) is 0 Å². The summed E-state index contributed by atoms with van der Waals surface area (Å²) in [6.07, 6.45) is -0.815. The Labute approximate surface area is 234 Å². The Hall–Kier alpha value is -4.18. The van der Waals surface area contributed by atoms with Gasteiger partial charge in [0, 0.05) is 5.56 Å². The second kappa shape index (κ2) is 11.9. The molecule has 1 aliphatic rings. The highest BCUT2D eigenvalue weighted by Crippen LogP contribution is 2.40. The number of amides is 2. The summed E-state index contributed by atoms with van der Waals surface area (Å²) >= 11 is 0. The van der Waals surface area contributed by atoms with Crippen molar-refractivity contribution in [1.82, 2.24) is 9.62 Å². The Balaban J connectivity index is 1.82. The number of hydrogen-bond acceptors (Lipinski definition) is 7. The monoisotopic (exact) mass is 564 g/mol. The molecule has 0 bridgehead atoms. The van der Waals surface area contributed by atoms with Crippen LogP contribution in [-0.4, -0.2) is 49.9 Å². The average molecular weight is 565 g/mol. The maximum Gasteiger partial charge on any atom is 0.407 e. The Morgan fingerprint density at radius 3 is 2.20 bits per heavy atom. The van der Waals surface area contributed by atoms with Crippen molar-refractivity contribution in [2.75, 3.05) is 7.11 Å². The molecule has 0 saturated heterocycles. The van der Waals surface area contributed by atoms with E-state index in [-0.39, 0.29) is 17.1 Å². The Morgan fingerprint density at radius 1 is 0.950 bits per heavy atom. The van der Waals surface area contributed by atoms with Gasteiger partial charge in [0.15, 0.2) is 0 Å². The van der Waals surface area contributed by atoms with Crippen LogP contribution in [0, 0.1) is 12.8 Å². The van der Waals surface area contributed by atoms with Gasteiger partial charge in [-0.05, 0) is 42.2 Å². The first-order chi connectivity index (χ1) is 19.1. The highest BCUT2D eigenvalue weighted by atomic mass is 32.2. The zero-order chi connectivity index (χ0) is 29.0. The van der Waals surface area contributed by atoms with Gasteiger partial charge in [0.25, 0.3) is 15.9 Å². The zero-order valence-corrected chi connectivity index (χ0v) is 23.6. The smallest absolute Gasteiger partial charge is 0.407 e. The fourth-order valence-corrected chi connectivity index (χ4v) is 6.52. The number of nitrogens with one attached hydrogen (secondary N) is 1. The molecule has 3 atom stereocenters. The quantitative estimate of drug-likeness (QED) is 0.403. The number of fused-ring (bicyclic) bond motifs is 1. The molecule has 0 saturated carbocycles. The summed E-state index contributed by atoms with van der Waals surface area (Å²) in [5.41, 5.74) is 1.99. The van der Waals surface area contributed by atoms with E-state index < -0.39 is 51.9 Å². The molecule has 3 aromatic carbocycles. The molecule has 0 radical (unpaired) electrons. The molecular weight excluding hydrogens is 532 g/mol. The van der Waals surface area contributed by atoms with Gasteiger partial charge in [-0.2, -0.15) is 0 Å². The number of aryl methyl sites for hydroxylation is 1. The molecule has 0 fully saturated rings. The predicted molar refractivity (Wildman–Crippen MR) is 148 cm³/mol. The lowest BCUT2D eigenvalue weighted by Crippen LogP contribution is -2.63. The van der Waals surface area contributed by atoms with Crippen molar-refractivity contribution >= 4 is 28.0 Å². The number of sulfonamides is 1. The van der Waals surface area contributed by atoms with Crippen molar-refractivity contribution in [2.45, 2.75) is 50.3 Å². The van der Waals surface area contributed by atoms with Crippen molar-refractivity contribution in [3.05, 3.63) is 101 Å². The molecular formula is C30H32N2O7S. The van der Waals surface area contributed by atoms with Crippen molar-refractivity contribution < 1.29 is 32.3 Å². The molecule has 10 heteroatoms. The number of alkyl carbamates (subject to hydrolysis) is 1. The van der Waals surface area contributed by atoms with Gasteiger partial charge in [-0.15, -0.1) is 0 Å². The molecule has 3 aromatic rings.